The second-order valence-corrected chi connectivity index (χ2v) is 6.79. The van der Waals surface area contributed by atoms with Crippen LogP contribution in [0, 0.1) is 13.8 Å². The number of aliphatic imine (C=N–C) groups is 1. The minimum absolute atomic E-state index is 0. The molecule has 0 saturated heterocycles. The Kier molecular flexibility index (Phi) is 9.53. The molecule has 0 aromatic carbocycles. The van der Waals surface area contributed by atoms with Gasteiger partial charge in [-0.05, 0) is 32.4 Å². The first-order valence-corrected chi connectivity index (χ1v) is 8.83. The largest absolute Gasteiger partial charge is 0.357 e. The molecule has 0 spiro atoms. The minimum atomic E-state index is 0. The Morgan fingerprint density at radius 3 is 2.67 bits per heavy atom. The van der Waals surface area contributed by atoms with Crippen LogP contribution in [0.3, 0.4) is 0 Å². The summed E-state index contributed by atoms with van der Waals surface area (Å²) in [6.45, 7) is 8.39. The van der Waals surface area contributed by atoms with Crippen molar-refractivity contribution in [2.45, 2.75) is 33.7 Å². The van der Waals surface area contributed by atoms with Gasteiger partial charge in [-0.15, -0.1) is 35.3 Å². The van der Waals surface area contributed by atoms with E-state index in [2.05, 4.69) is 46.4 Å². The van der Waals surface area contributed by atoms with Gasteiger partial charge in [0.05, 0.1) is 17.2 Å². The quantitative estimate of drug-likeness (QED) is 0.287. The molecule has 0 amide bonds. The third-order valence-corrected chi connectivity index (χ3v) is 4.61. The lowest BCUT2D eigenvalue weighted by atomic mass is 10.3. The number of guanidine groups is 1. The van der Waals surface area contributed by atoms with Crippen LogP contribution in [-0.2, 0) is 13.0 Å². The van der Waals surface area contributed by atoms with Crippen molar-refractivity contribution in [1.82, 2.24) is 20.6 Å². The maximum atomic E-state index is 5.79. The number of nitrogens with zero attached hydrogens (tertiary/aromatic N) is 3. The Bertz CT molecular complexity index is 637. The lowest BCUT2D eigenvalue weighted by Crippen LogP contribution is -2.38. The van der Waals surface area contributed by atoms with Crippen LogP contribution in [0.25, 0.3) is 0 Å². The molecule has 132 valence electrons. The number of aromatic nitrogens is 2. The third-order valence-electron chi connectivity index (χ3n) is 3.26. The molecule has 5 nitrogen and oxygen atoms in total. The fourth-order valence-electron chi connectivity index (χ4n) is 1.95. The molecule has 0 fully saturated rings. The summed E-state index contributed by atoms with van der Waals surface area (Å²) in [4.78, 5) is 14.5. The summed E-state index contributed by atoms with van der Waals surface area (Å²) >= 11 is 7.55. The van der Waals surface area contributed by atoms with Crippen molar-refractivity contribution in [2.24, 2.45) is 4.99 Å². The highest BCUT2D eigenvalue weighted by atomic mass is 127. The van der Waals surface area contributed by atoms with Gasteiger partial charge in [0.15, 0.2) is 5.96 Å². The highest BCUT2D eigenvalue weighted by Gasteiger charge is 2.04. The Morgan fingerprint density at radius 2 is 2.08 bits per heavy atom. The first-order chi connectivity index (χ1) is 11.1. The van der Waals surface area contributed by atoms with E-state index >= 15 is 0 Å². The van der Waals surface area contributed by atoms with Crippen LogP contribution in [0.15, 0.2) is 23.3 Å². The predicted molar refractivity (Wildman–Crippen MR) is 113 cm³/mol. The number of hydrogen-bond donors (Lipinski definition) is 2. The molecule has 2 aromatic heterocycles. The maximum Gasteiger partial charge on any atom is 0.191 e. The molecule has 0 unspecified atom stereocenters. The number of nitrogens with one attached hydrogen (secondary N) is 2. The molecule has 2 heterocycles. The zero-order valence-electron chi connectivity index (χ0n) is 14.1. The second kappa shape index (κ2) is 10.8. The van der Waals surface area contributed by atoms with Crippen molar-refractivity contribution in [2.75, 3.05) is 13.1 Å². The van der Waals surface area contributed by atoms with E-state index in [0.717, 1.165) is 41.7 Å². The van der Waals surface area contributed by atoms with Crippen molar-refractivity contribution in [3.63, 3.8) is 0 Å². The first kappa shape index (κ1) is 21.1. The summed E-state index contributed by atoms with van der Waals surface area (Å²) in [5.74, 6) is 0.799. The van der Waals surface area contributed by atoms with Crippen LogP contribution in [0.1, 0.15) is 28.1 Å². The number of thiazole rings is 1. The molecule has 0 atom stereocenters. The fourth-order valence-corrected chi connectivity index (χ4v) is 2.99. The van der Waals surface area contributed by atoms with Crippen molar-refractivity contribution < 1.29 is 0 Å². The summed E-state index contributed by atoms with van der Waals surface area (Å²) in [5, 5.41) is 8.24. The van der Waals surface area contributed by atoms with E-state index in [-0.39, 0.29) is 24.0 Å². The summed E-state index contributed by atoms with van der Waals surface area (Å²) < 4.78 is 0. The number of pyridine rings is 1. The smallest absolute Gasteiger partial charge is 0.191 e. The summed E-state index contributed by atoms with van der Waals surface area (Å²) in [6, 6.07) is 3.71. The molecular weight excluding hydrogens is 457 g/mol. The van der Waals surface area contributed by atoms with Gasteiger partial charge in [-0.1, -0.05) is 17.7 Å². The third kappa shape index (κ3) is 6.90. The molecule has 0 aliphatic rings. The molecule has 2 rings (SSSR count). The molecule has 0 aliphatic heterocycles. The zero-order valence-corrected chi connectivity index (χ0v) is 18.0. The van der Waals surface area contributed by atoms with E-state index in [1.165, 1.54) is 4.88 Å². The van der Waals surface area contributed by atoms with E-state index in [9.17, 15) is 0 Å². The summed E-state index contributed by atoms with van der Waals surface area (Å²) in [7, 11) is 0. The van der Waals surface area contributed by atoms with Crippen molar-refractivity contribution in [3.8, 4) is 0 Å². The van der Waals surface area contributed by atoms with E-state index in [0.29, 0.717) is 11.7 Å². The SMILES string of the molecule is CCNC(=NCc1ccc(Cl)nc1)NCCc1nc(C)c(C)s1.I. The van der Waals surface area contributed by atoms with Gasteiger partial charge in [0.2, 0.25) is 0 Å². The number of halogens is 2. The van der Waals surface area contributed by atoms with Crippen LogP contribution >= 0.6 is 46.9 Å². The van der Waals surface area contributed by atoms with Gasteiger partial charge in [-0.25, -0.2) is 15.0 Å². The minimum Gasteiger partial charge on any atom is -0.357 e. The van der Waals surface area contributed by atoms with E-state index in [1.54, 1.807) is 23.6 Å². The maximum absolute atomic E-state index is 5.79. The monoisotopic (exact) mass is 479 g/mol. The lowest BCUT2D eigenvalue weighted by Gasteiger charge is -2.10. The van der Waals surface area contributed by atoms with Gasteiger partial charge in [-0.2, -0.15) is 0 Å². The molecule has 2 aromatic rings. The highest BCUT2D eigenvalue weighted by molar-refractivity contribution is 14.0. The fraction of sp³-hybridized carbons (Fsp3) is 0.438. The molecule has 24 heavy (non-hydrogen) atoms. The van der Waals surface area contributed by atoms with Crippen molar-refractivity contribution in [1.29, 1.82) is 0 Å². The molecule has 0 saturated carbocycles. The van der Waals surface area contributed by atoms with Gasteiger partial charge in [0.25, 0.3) is 0 Å². The van der Waals surface area contributed by atoms with Crippen LogP contribution in [0.2, 0.25) is 5.15 Å². The standard InChI is InChI=1S/C16H22ClN5S.HI/c1-4-18-16(21-10-13-5-6-14(17)20-9-13)19-8-7-15-22-11(2)12(3)23-15;/h5-6,9H,4,7-8,10H2,1-3H3,(H2,18,19,21);1H. The van der Waals surface area contributed by atoms with Crippen molar-refractivity contribution in [3.05, 3.63) is 44.6 Å². The van der Waals surface area contributed by atoms with Gasteiger partial charge in [0, 0.05) is 30.6 Å². The van der Waals surface area contributed by atoms with Gasteiger partial charge in [-0.3, -0.25) is 0 Å². The normalized spacial score (nSPS) is 11.1. The number of rotatable bonds is 6. The average Bonchev–Trinajstić information content (AvgIpc) is 2.85. The highest BCUT2D eigenvalue weighted by Crippen LogP contribution is 2.16. The molecule has 8 heteroatoms. The molecule has 2 N–H and O–H groups in total. The zero-order chi connectivity index (χ0) is 16.7. The van der Waals surface area contributed by atoms with E-state index < -0.39 is 0 Å². The number of hydrogen-bond acceptors (Lipinski definition) is 4. The molecule has 0 aliphatic carbocycles. The molecular formula is C16H23ClIN5S. The van der Waals surface area contributed by atoms with Gasteiger partial charge in [0.1, 0.15) is 5.15 Å². The lowest BCUT2D eigenvalue weighted by molar-refractivity contribution is 0.795. The first-order valence-electron chi connectivity index (χ1n) is 7.64. The topological polar surface area (TPSA) is 62.2 Å². The van der Waals surface area contributed by atoms with Gasteiger partial charge >= 0.3 is 0 Å². The molecule has 0 radical (unpaired) electrons. The van der Waals surface area contributed by atoms with Gasteiger partial charge < -0.3 is 10.6 Å². The Hall–Kier alpha value is -0.930. The Morgan fingerprint density at radius 1 is 1.29 bits per heavy atom. The Balaban J connectivity index is 0.00000288. The number of aryl methyl sites for hydroxylation is 2. The Labute approximate surface area is 169 Å². The average molecular weight is 480 g/mol. The second-order valence-electron chi connectivity index (χ2n) is 5.11. The van der Waals surface area contributed by atoms with E-state index in [4.69, 9.17) is 11.6 Å². The van der Waals surface area contributed by atoms with Crippen LogP contribution < -0.4 is 10.6 Å². The van der Waals surface area contributed by atoms with E-state index in [1.807, 2.05) is 6.07 Å². The summed E-state index contributed by atoms with van der Waals surface area (Å²) in [5.41, 5.74) is 2.15. The summed E-state index contributed by atoms with van der Waals surface area (Å²) in [6.07, 6.45) is 2.64. The van der Waals surface area contributed by atoms with Crippen LogP contribution in [-0.4, -0.2) is 29.0 Å². The molecule has 0 bridgehead atoms. The predicted octanol–water partition coefficient (Wildman–Crippen LogP) is 3.72. The van der Waals surface area contributed by atoms with Crippen LogP contribution in [0.5, 0.6) is 0 Å². The van der Waals surface area contributed by atoms with Crippen LogP contribution in [0.4, 0.5) is 0 Å². The van der Waals surface area contributed by atoms with Crippen molar-refractivity contribution >= 4 is 52.9 Å².